The third kappa shape index (κ3) is 7.15. The topological polar surface area (TPSA) is 18.5 Å². The summed E-state index contributed by atoms with van der Waals surface area (Å²) in [6.45, 7) is 10.7. The summed E-state index contributed by atoms with van der Waals surface area (Å²) in [4.78, 5) is 0. The average Bonchev–Trinajstić information content (AvgIpc) is 2.74. The lowest BCUT2D eigenvalue weighted by Gasteiger charge is -2.12. The summed E-state index contributed by atoms with van der Waals surface area (Å²) in [5.74, 6) is -9.40. The zero-order chi connectivity index (χ0) is 23.4. The summed E-state index contributed by atoms with van der Waals surface area (Å²) in [6, 6.07) is 1.65. The molecule has 2 nitrogen and oxygen atoms in total. The van der Waals surface area contributed by atoms with Gasteiger partial charge in [-0.2, -0.15) is 8.78 Å². The Labute approximate surface area is 173 Å². The molecule has 0 aliphatic heterocycles. The van der Waals surface area contributed by atoms with E-state index in [-0.39, 0.29) is 35.8 Å². The number of benzene rings is 2. The van der Waals surface area contributed by atoms with Crippen LogP contribution in [0.2, 0.25) is 0 Å². The summed E-state index contributed by atoms with van der Waals surface area (Å²) in [5.41, 5.74) is 0.217. The minimum absolute atomic E-state index is 0.0224. The van der Waals surface area contributed by atoms with Crippen LogP contribution in [-0.2, 0) is 0 Å². The molecule has 8 heteroatoms. The predicted octanol–water partition coefficient (Wildman–Crippen LogP) is 7.43. The van der Waals surface area contributed by atoms with Crippen LogP contribution in [0.3, 0.4) is 0 Å². The maximum absolute atomic E-state index is 13.6. The van der Waals surface area contributed by atoms with Gasteiger partial charge < -0.3 is 9.47 Å². The van der Waals surface area contributed by atoms with Crippen molar-refractivity contribution in [2.75, 3.05) is 13.2 Å². The van der Waals surface area contributed by atoms with Crippen molar-refractivity contribution >= 4 is 0 Å². The van der Waals surface area contributed by atoms with E-state index >= 15 is 0 Å². The van der Waals surface area contributed by atoms with E-state index in [0.717, 1.165) is 12.1 Å². The fraction of sp³-hybridized carbons (Fsp3) is 0.455. The lowest BCUT2D eigenvalue weighted by molar-refractivity contribution is 0.247. The van der Waals surface area contributed by atoms with Gasteiger partial charge in [0, 0.05) is 0 Å². The molecule has 0 aliphatic rings. The van der Waals surface area contributed by atoms with Crippen molar-refractivity contribution in [3.63, 3.8) is 0 Å². The Bertz CT molecular complexity index is 742. The fourth-order valence-electron chi connectivity index (χ4n) is 2.30. The number of aryl methyl sites for hydroxylation is 2. The Morgan fingerprint density at radius 2 is 0.867 bits per heavy atom. The van der Waals surface area contributed by atoms with E-state index in [1.165, 1.54) is 13.8 Å². The summed E-state index contributed by atoms with van der Waals surface area (Å²) in [7, 11) is 0. The molecule has 0 bridgehead atoms. The van der Waals surface area contributed by atoms with Gasteiger partial charge >= 0.3 is 0 Å². The van der Waals surface area contributed by atoms with Crippen LogP contribution in [-0.4, -0.2) is 13.2 Å². The highest BCUT2D eigenvalue weighted by Crippen LogP contribution is 2.28. The first-order chi connectivity index (χ1) is 14.2. The van der Waals surface area contributed by atoms with Gasteiger partial charge in [-0.25, -0.2) is 17.6 Å². The highest BCUT2D eigenvalue weighted by molar-refractivity contribution is 5.36. The van der Waals surface area contributed by atoms with E-state index in [2.05, 4.69) is 0 Å². The fourth-order valence-corrected chi connectivity index (χ4v) is 2.30. The number of ether oxygens (including phenoxy) is 2. The molecule has 0 radical (unpaired) electrons. The average molecular weight is 438 g/mol. The zero-order valence-corrected chi connectivity index (χ0v) is 18.1. The van der Waals surface area contributed by atoms with E-state index in [1.54, 1.807) is 0 Å². The number of rotatable bonds is 7. The SMILES string of the molecule is CC.CC.Cc1cc(F)c(F)c(F)c1OCCCCOc1c(C)cc(F)c(F)c1F. The van der Waals surface area contributed by atoms with Crippen LogP contribution >= 0.6 is 0 Å². The normalized spacial score (nSPS) is 9.87. The molecule has 2 rings (SSSR count). The lowest BCUT2D eigenvalue weighted by atomic mass is 10.2. The van der Waals surface area contributed by atoms with Crippen LogP contribution < -0.4 is 9.47 Å². The van der Waals surface area contributed by atoms with Crippen LogP contribution in [0.5, 0.6) is 11.5 Å². The van der Waals surface area contributed by atoms with Crippen molar-refractivity contribution in [2.24, 2.45) is 0 Å². The molecule has 170 valence electrons. The second kappa shape index (κ2) is 13.8. The molecule has 2 aromatic carbocycles. The van der Waals surface area contributed by atoms with Gasteiger partial charge in [-0.05, 0) is 49.9 Å². The Kier molecular flexibility index (Phi) is 12.7. The van der Waals surface area contributed by atoms with Crippen molar-refractivity contribution in [3.05, 3.63) is 58.2 Å². The van der Waals surface area contributed by atoms with E-state index in [0.29, 0.717) is 12.8 Å². The molecule has 0 saturated heterocycles. The highest BCUT2D eigenvalue weighted by Gasteiger charge is 2.19. The molecule has 0 atom stereocenters. The van der Waals surface area contributed by atoms with Gasteiger partial charge in [-0.3, -0.25) is 0 Å². The Morgan fingerprint density at radius 3 is 1.17 bits per heavy atom. The Hall–Kier alpha value is -2.38. The largest absolute Gasteiger partial charge is 0.490 e. The van der Waals surface area contributed by atoms with E-state index in [9.17, 15) is 26.3 Å². The quantitative estimate of drug-likeness (QED) is 0.254. The third-order valence-electron chi connectivity index (χ3n) is 3.64. The first-order valence-electron chi connectivity index (χ1n) is 9.77. The van der Waals surface area contributed by atoms with Crippen LogP contribution in [0.1, 0.15) is 51.7 Å². The van der Waals surface area contributed by atoms with E-state index in [1.807, 2.05) is 27.7 Å². The number of unbranched alkanes of at least 4 members (excludes halogenated alkanes) is 1. The molecule has 0 spiro atoms. The smallest absolute Gasteiger partial charge is 0.203 e. The van der Waals surface area contributed by atoms with Gasteiger partial charge in [0.05, 0.1) is 13.2 Å². The molecule has 0 unspecified atom stereocenters. The van der Waals surface area contributed by atoms with Crippen LogP contribution in [0.4, 0.5) is 26.3 Å². The maximum atomic E-state index is 13.6. The summed E-state index contributed by atoms with van der Waals surface area (Å²) in [6.07, 6.45) is 0.643. The van der Waals surface area contributed by atoms with Crippen molar-refractivity contribution in [2.45, 2.75) is 54.4 Å². The highest BCUT2D eigenvalue weighted by atomic mass is 19.2. The van der Waals surface area contributed by atoms with Gasteiger partial charge in [0.2, 0.25) is 11.6 Å². The first kappa shape index (κ1) is 27.6. The molecule has 0 aliphatic carbocycles. The second-order valence-corrected chi connectivity index (χ2v) is 5.67. The predicted molar refractivity (Wildman–Crippen MR) is 105 cm³/mol. The Balaban J connectivity index is 0.00000198. The third-order valence-corrected chi connectivity index (χ3v) is 3.64. The van der Waals surface area contributed by atoms with Gasteiger partial charge in [0.1, 0.15) is 0 Å². The molecule has 0 aromatic heterocycles. The molecule has 2 aromatic rings. The number of hydrogen-bond donors (Lipinski definition) is 0. The minimum atomic E-state index is -1.61. The molecular formula is C22H28F6O2. The standard InChI is InChI=1S/C18H16F6O2.2C2H6/c1-9-7-11(19)13(21)15(23)17(9)25-5-3-4-6-26-18-10(2)8-12(20)14(22)16(18)24;2*1-2/h7-8H,3-6H2,1-2H3;2*1-2H3. The molecule has 0 N–H and O–H groups in total. The first-order valence-corrected chi connectivity index (χ1v) is 9.77. The molecule has 0 amide bonds. The summed E-state index contributed by atoms with van der Waals surface area (Å²) < 4.78 is 89.9. The summed E-state index contributed by atoms with van der Waals surface area (Å²) in [5, 5.41) is 0. The van der Waals surface area contributed by atoms with Gasteiger partial charge in [-0.1, -0.05) is 27.7 Å². The molecular weight excluding hydrogens is 410 g/mol. The molecule has 30 heavy (non-hydrogen) atoms. The molecule has 0 saturated carbocycles. The number of hydrogen-bond acceptors (Lipinski definition) is 2. The monoisotopic (exact) mass is 438 g/mol. The van der Waals surface area contributed by atoms with Crippen molar-refractivity contribution in [1.82, 2.24) is 0 Å². The maximum Gasteiger partial charge on any atom is 0.203 e. The molecule has 0 fully saturated rings. The van der Waals surface area contributed by atoms with Gasteiger partial charge in [-0.15, -0.1) is 0 Å². The van der Waals surface area contributed by atoms with Crippen LogP contribution in [0.15, 0.2) is 12.1 Å². The van der Waals surface area contributed by atoms with E-state index < -0.39 is 34.9 Å². The second-order valence-electron chi connectivity index (χ2n) is 5.67. The lowest BCUT2D eigenvalue weighted by Crippen LogP contribution is -2.07. The van der Waals surface area contributed by atoms with Crippen molar-refractivity contribution < 1.29 is 35.8 Å². The van der Waals surface area contributed by atoms with Crippen molar-refractivity contribution in [3.8, 4) is 11.5 Å². The van der Waals surface area contributed by atoms with Crippen molar-refractivity contribution in [1.29, 1.82) is 0 Å². The minimum Gasteiger partial charge on any atom is -0.490 e. The van der Waals surface area contributed by atoms with Crippen LogP contribution in [0.25, 0.3) is 0 Å². The van der Waals surface area contributed by atoms with Gasteiger partial charge in [0.25, 0.3) is 0 Å². The van der Waals surface area contributed by atoms with Crippen LogP contribution in [0, 0.1) is 48.8 Å². The molecule has 0 heterocycles. The van der Waals surface area contributed by atoms with E-state index in [4.69, 9.17) is 9.47 Å². The Morgan fingerprint density at radius 1 is 0.567 bits per heavy atom. The zero-order valence-electron chi connectivity index (χ0n) is 18.1. The summed E-state index contributed by atoms with van der Waals surface area (Å²) >= 11 is 0. The number of halogens is 6. The van der Waals surface area contributed by atoms with Gasteiger partial charge in [0.15, 0.2) is 34.8 Å².